The molecule has 0 aliphatic heterocycles. The van der Waals surface area contributed by atoms with E-state index in [0.29, 0.717) is 6.42 Å². The average Bonchev–Trinajstić information content (AvgIpc) is 2.31. The molecule has 3 nitrogen and oxygen atoms in total. The number of carbonyl (C=O) groups is 2. The maximum Gasteiger partial charge on any atom is 0.124 e. The highest BCUT2D eigenvalue weighted by Crippen LogP contribution is 2.11. The molecule has 0 fully saturated rings. The molecule has 0 aromatic heterocycles. The number of aldehydes is 2. The van der Waals surface area contributed by atoms with E-state index in [4.69, 9.17) is 0 Å². The molecule has 1 unspecified atom stereocenters. The third-order valence-electron chi connectivity index (χ3n) is 2.93. The zero-order valence-corrected chi connectivity index (χ0v) is 10.7. The number of carbonyl (C=O) groups excluding carboxylic acids is 2. The first-order valence-corrected chi connectivity index (χ1v) is 6.32. The van der Waals surface area contributed by atoms with Crippen LogP contribution in [-0.4, -0.2) is 37.6 Å². The highest BCUT2D eigenvalue weighted by Gasteiger charge is 2.08. The third kappa shape index (κ3) is 8.60. The summed E-state index contributed by atoms with van der Waals surface area (Å²) in [5.74, 6) is 0.177. The zero-order chi connectivity index (χ0) is 12.2. The Labute approximate surface area is 99.2 Å². The average molecular weight is 227 g/mol. The molecule has 3 heteroatoms. The van der Waals surface area contributed by atoms with Gasteiger partial charge < -0.3 is 14.5 Å². The zero-order valence-electron chi connectivity index (χ0n) is 10.7. The maximum atomic E-state index is 10.8. The second-order valence-electron chi connectivity index (χ2n) is 4.41. The normalized spacial score (nSPS) is 12.7. The van der Waals surface area contributed by atoms with E-state index in [1.807, 2.05) is 7.05 Å². The topological polar surface area (TPSA) is 37.4 Å². The Kier molecular flexibility index (Phi) is 10.3. The molecule has 16 heavy (non-hydrogen) atoms. The van der Waals surface area contributed by atoms with Gasteiger partial charge in [-0.3, -0.25) is 0 Å². The number of hydrogen-bond acceptors (Lipinski definition) is 3. The van der Waals surface area contributed by atoms with Crippen LogP contribution in [0.25, 0.3) is 0 Å². The van der Waals surface area contributed by atoms with Gasteiger partial charge in [-0.05, 0) is 26.4 Å². The first-order chi connectivity index (χ1) is 7.74. The van der Waals surface area contributed by atoms with E-state index in [1.54, 1.807) is 0 Å². The van der Waals surface area contributed by atoms with Crippen molar-refractivity contribution in [3.63, 3.8) is 0 Å². The van der Waals surface area contributed by atoms with E-state index in [0.717, 1.165) is 57.8 Å². The standard InChI is InChI=1S/C13H25NO2/c1-3-14(2)11-13(12-16)9-7-5-4-6-8-10-15/h10,12-13H,3-9,11H2,1-2H3. The van der Waals surface area contributed by atoms with Crippen molar-refractivity contribution in [2.75, 3.05) is 20.1 Å². The summed E-state index contributed by atoms with van der Waals surface area (Å²) < 4.78 is 0. The van der Waals surface area contributed by atoms with Gasteiger partial charge >= 0.3 is 0 Å². The molecule has 0 aromatic carbocycles. The highest BCUT2D eigenvalue weighted by atomic mass is 16.1. The van der Waals surface area contributed by atoms with Gasteiger partial charge in [0, 0.05) is 18.9 Å². The molecule has 0 rings (SSSR count). The largest absolute Gasteiger partial charge is 0.306 e. The smallest absolute Gasteiger partial charge is 0.124 e. The summed E-state index contributed by atoms with van der Waals surface area (Å²) in [6.45, 7) is 3.96. The van der Waals surface area contributed by atoms with Crippen LogP contribution < -0.4 is 0 Å². The Bertz CT molecular complexity index is 183. The van der Waals surface area contributed by atoms with Crippen molar-refractivity contribution in [3.05, 3.63) is 0 Å². The summed E-state index contributed by atoms with van der Waals surface area (Å²) in [6, 6.07) is 0. The first-order valence-electron chi connectivity index (χ1n) is 6.32. The van der Waals surface area contributed by atoms with E-state index in [2.05, 4.69) is 11.8 Å². The molecule has 0 saturated heterocycles. The molecule has 0 aliphatic rings. The summed E-state index contributed by atoms with van der Waals surface area (Å²) in [5, 5.41) is 0. The van der Waals surface area contributed by atoms with E-state index in [9.17, 15) is 9.59 Å². The molecule has 0 aromatic rings. The van der Waals surface area contributed by atoms with Gasteiger partial charge in [0.2, 0.25) is 0 Å². The molecule has 0 radical (unpaired) electrons. The van der Waals surface area contributed by atoms with Crippen molar-refractivity contribution < 1.29 is 9.59 Å². The van der Waals surface area contributed by atoms with Gasteiger partial charge in [-0.1, -0.05) is 26.2 Å². The fourth-order valence-corrected chi connectivity index (χ4v) is 1.72. The monoisotopic (exact) mass is 227 g/mol. The highest BCUT2D eigenvalue weighted by molar-refractivity contribution is 5.53. The second-order valence-corrected chi connectivity index (χ2v) is 4.41. The molecule has 94 valence electrons. The van der Waals surface area contributed by atoms with Crippen LogP contribution in [0.1, 0.15) is 45.4 Å². The molecule has 1 atom stereocenters. The summed E-state index contributed by atoms with van der Waals surface area (Å²) in [7, 11) is 2.04. The minimum Gasteiger partial charge on any atom is -0.306 e. The summed E-state index contributed by atoms with van der Waals surface area (Å²) in [4.78, 5) is 23.1. The number of rotatable bonds is 11. The van der Waals surface area contributed by atoms with Gasteiger partial charge in [-0.15, -0.1) is 0 Å². The lowest BCUT2D eigenvalue weighted by molar-refractivity contribution is -0.111. The van der Waals surface area contributed by atoms with E-state index < -0.39 is 0 Å². The Hall–Kier alpha value is -0.700. The van der Waals surface area contributed by atoms with Crippen LogP contribution in [0.2, 0.25) is 0 Å². The lowest BCUT2D eigenvalue weighted by Crippen LogP contribution is -2.26. The molecule has 0 aliphatic carbocycles. The maximum absolute atomic E-state index is 10.8. The molecular weight excluding hydrogens is 202 g/mol. The van der Waals surface area contributed by atoms with Gasteiger partial charge in [-0.25, -0.2) is 0 Å². The molecule has 0 amide bonds. The quantitative estimate of drug-likeness (QED) is 0.401. The minimum absolute atomic E-state index is 0.177. The number of unbranched alkanes of at least 4 members (excludes halogenated alkanes) is 4. The van der Waals surface area contributed by atoms with Crippen LogP contribution in [0.4, 0.5) is 0 Å². The lowest BCUT2D eigenvalue weighted by Gasteiger charge is -2.18. The molecule has 0 bridgehead atoms. The summed E-state index contributed by atoms with van der Waals surface area (Å²) in [5.41, 5.74) is 0. The fourth-order valence-electron chi connectivity index (χ4n) is 1.72. The third-order valence-corrected chi connectivity index (χ3v) is 2.93. The van der Waals surface area contributed by atoms with Crippen LogP contribution in [0.5, 0.6) is 0 Å². The van der Waals surface area contributed by atoms with Gasteiger partial charge in [-0.2, -0.15) is 0 Å². The summed E-state index contributed by atoms with van der Waals surface area (Å²) in [6.07, 6.45) is 8.04. The minimum atomic E-state index is 0.177. The Morgan fingerprint density at radius 1 is 1.12 bits per heavy atom. The van der Waals surface area contributed by atoms with Gasteiger partial charge in [0.05, 0.1) is 0 Å². The van der Waals surface area contributed by atoms with Crippen molar-refractivity contribution in [1.29, 1.82) is 0 Å². The summed E-state index contributed by atoms with van der Waals surface area (Å²) >= 11 is 0. The first kappa shape index (κ1) is 15.3. The van der Waals surface area contributed by atoms with Gasteiger partial charge in [0.15, 0.2) is 0 Å². The van der Waals surface area contributed by atoms with Crippen molar-refractivity contribution >= 4 is 12.6 Å². The number of hydrogen-bond donors (Lipinski definition) is 0. The predicted octanol–water partition coefficient (Wildman–Crippen LogP) is 2.29. The number of nitrogens with zero attached hydrogens (tertiary/aromatic N) is 1. The van der Waals surface area contributed by atoms with E-state index in [1.165, 1.54) is 0 Å². The van der Waals surface area contributed by atoms with Crippen molar-refractivity contribution in [1.82, 2.24) is 4.90 Å². The van der Waals surface area contributed by atoms with E-state index >= 15 is 0 Å². The lowest BCUT2D eigenvalue weighted by atomic mass is 10.0. The molecule has 0 N–H and O–H groups in total. The van der Waals surface area contributed by atoms with Gasteiger partial charge in [0.25, 0.3) is 0 Å². The molecular formula is C13H25NO2. The van der Waals surface area contributed by atoms with Crippen LogP contribution in [0, 0.1) is 5.92 Å². The van der Waals surface area contributed by atoms with Gasteiger partial charge in [0.1, 0.15) is 12.6 Å². The Morgan fingerprint density at radius 2 is 1.81 bits per heavy atom. The predicted molar refractivity (Wildman–Crippen MR) is 66.5 cm³/mol. The van der Waals surface area contributed by atoms with Crippen LogP contribution in [0.15, 0.2) is 0 Å². The van der Waals surface area contributed by atoms with E-state index in [-0.39, 0.29) is 5.92 Å². The fraction of sp³-hybridized carbons (Fsp3) is 0.846. The molecule has 0 spiro atoms. The van der Waals surface area contributed by atoms with Crippen molar-refractivity contribution in [2.24, 2.45) is 5.92 Å². The SMILES string of the molecule is CCN(C)CC(C=O)CCCCCCC=O. The Morgan fingerprint density at radius 3 is 2.38 bits per heavy atom. The van der Waals surface area contributed by atoms with Crippen LogP contribution >= 0.6 is 0 Å². The van der Waals surface area contributed by atoms with Crippen molar-refractivity contribution in [3.8, 4) is 0 Å². The Balaban J connectivity index is 3.47. The molecule has 0 saturated carbocycles. The van der Waals surface area contributed by atoms with Crippen LogP contribution in [0.3, 0.4) is 0 Å². The second kappa shape index (κ2) is 10.8. The van der Waals surface area contributed by atoms with Crippen molar-refractivity contribution in [2.45, 2.75) is 45.4 Å². The van der Waals surface area contributed by atoms with Crippen LogP contribution in [-0.2, 0) is 9.59 Å². The molecule has 0 heterocycles.